The van der Waals surface area contributed by atoms with Gasteiger partial charge in [0, 0.05) is 40.7 Å². The molecule has 0 aliphatic carbocycles. The fourth-order valence-electron chi connectivity index (χ4n) is 5.15. The first-order valence-corrected chi connectivity index (χ1v) is 14.3. The smallest absolute Gasteiger partial charge is 0.456 e. The Labute approximate surface area is 260 Å². The topological polar surface area (TPSA) is 212 Å². The summed E-state index contributed by atoms with van der Waals surface area (Å²) in [5.41, 5.74) is 5.03. The number of nitrogens with two attached hydrogens (primary N) is 1. The van der Waals surface area contributed by atoms with Crippen LogP contribution in [0.3, 0.4) is 0 Å². The Morgan fingerprint density at radius 1 is 0.978 bits per heavy atom. The second-order valence-corrected chi connectivity index (χ2v) is 11.6. The number of benzene rings is 2. The molecule has 2 aromatic carbocycles. The summed E-state index contributed by atoms with van der Waals surface area (Å²) < 4.78 is 16.0. The fourth-order valence-corrected chi connectivity index (χ4v) is 6.21. The predicted molar refractivity (Wildman–Crippen MR) is 158 cm³/mol. The highest BCUT2D eigenvalue weighted by Gasteiger charge is 2.65. The van der Waals surface area contributed by atoms with E-state index in [1.807, 2.05) is 0 Å². The average molecular weight is 641 g/mol. The lowest BCUT2D eigenvalue weighted by molar-refractivity contribution is -0.385. The standard InChI is InChI=1S/C29H28N4O11S/c1-16(44-28(37)43-15-18-6-10-20(11-7-18)33(40)41)22-24-29(2,3)25(45-13-12-21(30)34)23(31(24)26(22)35)27(36)42-14-17-4-8-19(9-5-17)32(38)39/h4-13,16,22,24H,14-15H2,1-3H3,(H2,30,34)/b13-12-. The van der Waals surface area contributed by atoms with Crippen molar-refractivity contribution in [3.63, 3.8) is 0 Å². The summed E-state index contributed by atoms with van der Waals surface area (Å²) >= 11 is 1.02. The molecule has 15 nitrogen and oxygen atoms in total. The van der Waals surface area contributed by atoms with Crippen molar-refractivity contribution in [3.05, 3.63) is 102 Å². The van der Waals surface area contributed by atoms with Crippen LogP contribution in [0.1, 0.15) is 31.9 Å². The van der Waals surface area contributed by atoms with Crippen molar-refractivity contribution in [2.45, 2.75) is 46.1 Å². The quantitative estimate of drug-likeness (QED) is 0.114. The number of amides is 2. The van der Waals surface area contributed by atoms with E-state index in [4.69, 9.17) is 19.9 Å². The number of nitrogens with zero attached hydrogens (tertiary/aromatic N) is 3. The molecule has 16 heteroatoms. The summed E-state index contributed by atoms with van der Waals surface area (Å²) in [6.07, 6.45) is -0.919. The molecule has 1 saturated heterocycles. The SMILES string of the molecule is CC(OC(=O)OCc1ccc([N+](=O)[O-])cc1)C1C(=O)N2C(C(=O)OCc3ccc([N+](=O)[O-])cc3)=C(S/C=C\C(N)=O)C(C)(C)C12. The minimum absolute atomic E-state index is 0.0415. The molecule has 2 N–H and O–H groups in total. The van der Waals surface area contributed by atoms with Gasteiger partial charge in [-0.2, -0.15) is 0 Å². The molecule has 3 atom stereocenters. The zero-order valence-corrected chi connectivity index (χ0v) is 25.1. The van der Waals surface area contributed by atoms with E-state index in [1.165, 1.54) is 65.8 Å². The van der Waals surface area contributed by atoms with E-state index < -0.39 is 57.3 Å². The largest absolute Gasteiger partial charge is 0.508 e. The Kier molecular flexibility index (Phi) is 9.56. The molecular weight excluding hydrogens is 612 g/mol. The number of hydrogen-bond donors (Lipinski definition) is 1. The average Bonchev–Trinajstić information content (AvgIpc) is 3.18. The minimum atomic E-state index is -1.06. The van der Waals surface area contributed by atoms with Gasteiger partial charge in [-0.15, -0.1) is 0 Å². The normalized spacial score (nSPS) is 19.0. The number of primary amides is 1. The van der Waals surface area contributed by atoms with Crippen molar-refractivity contribution in [3.8, 4) is 0 Å². The molecule has 0 aromatic heterocycles. The van der Waals surface area contributed by atoms with Crippen LogP contribution in [0, 0.1) is 31.6 Å². The molecule has 2 aliphatic rings. The Hall–Kier alpha value is -5.25. The number of β-lactam (4-membered cyclic amide) rings is 1. The molecule has 0 saturated carbocycles. The highest BCUT2D eigenvalue weighted by atomic mass is 32.2. The van der Waals surface area contributed by atoms with Crippen LogP contribution in [0.5, 0.6) is 0 Å². The molecule has 236 valence electrons. The second kappa shape index (κ2) is 13.2. The minimum Gasteiger partial charge on any atom is -0.456 e. The summed E-state index contributed by atoms with van der Waals surface area (Å²) in [5, 5.41) is 23.1. The van der Waals surface area contributed by atoms with Gasteiger partial charge < -0.3 is 24.8 Å². The molecule has 45 heavy (non-hydrogen) atoms. The third-order valence-electron chi connectivity index (χ3n) is 7.34. The Balaban J connectivity index is 1.47. The van der Waals surface area contributed by atoms with Gasteiger partial charge >= 0.3 is 12.1 Å². The van der Waals surface area contributed by atoms with Crippen molar-refractivity contribution >= 4 is 47.1 Å². The molecule has 0 radical (unpaired) electrons. The number of non-ortho nitro benzene ring substituents is 2. The van der Waals surface area contributed by atoms with E-state index in [0.29, 0.717) is 16.0 Å². The van der Waals surface area contributed by atoms with Crippen molar-refractivity contribution in [2.24, 2.45) is 17.1 Å². The Morgan fingerprint density at radius 2 is 1.49 bits per heavy atom. The lowest BCUT2D eigenvalue weighted by Gasteiger charge is -2.50. The maximum atomic E-state index is 13.5. The van der Waals surface area contributed by atoms with Crippen LogP contribution in [0.25, 0.3) is 0 Å². The number of esters is 1. The first-order valence-electron chi connectivity index (χ1n) is 13.4. The van der Waals surface area contributed by atoms with E-state index in [0.717, 1.165) is 17.8 Å². The van der Waals surface area contributed by atoms with Crippen LogP contribution in [-0.4, -0.2) is 50.8 Å². The van der Waals surface area contributed by atoms with Gasteiger partial charge in [-0.1, -0.05) is 25.6 Å². The summed E-state index contributed by atoms with van der Waals surface area (Å²) in [5.74, 6) is -2.90. The van der Waals surface area contributed by atoms with Crippen molar-refractivity contribution in [1.29, 1.82) is 0 Å². The van der Waals surface area contributed by atoms with Crippen LogP contribution in [0.15, 0.2) is 70.6 Å². The molecule has 2 aromatic rings. The second-order valence-electron chi connectivity index (χ2n) is 10.7. The van der Waals surface area contributed by atoms with E-state index in [2.05, 4.69) is 0 Å². The number of fused-ring (bicyclic) bond motifs is 1. The van der Waals surface area contributed by atoms with Gasteiger partial charge in [-0.05, 0) is 47.7 Å². The van der Waals surface area contributed by atoms with Gasteiger partial charge in [-0.25, -0.2) is 9.59 Å². The molecular formula is C29H28N4O11S. The van der Waals surface area contributed by atoms with Gasteiger partial charge in [0.25, 0.3) is 11.4 Å². The number of nitro groups is 2. The van der Waals surface area contributed by atoms with Crippen molar-refractivity contribution < 1.29 is 43.2 Å². The van der Waals surface area contributed by atoms with Crippen molar-refractivity contribution in [2.75, 3.05) is 0 Å². The van der Waals surface area contributed by atoms with E-state index >= 15 is 0 Å². The summed E-state index contributed by atoms with van der Waals surface area (Å²) in [6, 6.07) is 10.2. The molecule has 0 spiro atoms. The lowest BCUT2D eigenvalue weighted by atomic mass is 9.71. The van der Waals surface area contributed by atoms with Gasteiger partial charge in [-0.3, -0.25) is 29.8 Å². The van der Waals surface area contributed by atoms with Crippen LogP contribution >= 0.6 is 11.8 Å². The number of ether oxygens (including phenoxy) is 3. The summed E-state index contributed by atoms with van der Waals surface area (Å²) in [4.78, 5) is 73.0. The Bertz CT molecular complexity index is 1600. The summed E-state index contributed by atoms with van der Waals surface area (Å²) in [7, 11) is 0. The third-order valence-corrected chi connectivity index (χ3v) is 8.57. The number of rotatable bonds is 12. The molecule has 2 amide bonds. The highest BCUT2D eigenvalue weighted by molar-refractivity contribution is 8.05. The zero-order valence-electron chi connectivity index (χ0n) is 24.2. The van der Waals surface area contributed by atoms with Gasteiger partial charge in [0.1, 0.15) is 25.0 Å². The van der Waals surface area contributed by atoms with Gasteiger partial charge in [0.2, 0.25) is 11.8 Å². The van der Waals surface area contributed by atoms with Crippen molar-refractivity contribution in [1.82, 2.24) is 4.90 Å². The number of nitro benzene ring substituents is 2. The first-order chi connectivity index (χ1) is 21.2. The van der Waals surface area contributed by atoms with Crippen LogP contribution in [0.2, 0.25) is 0 Å². The molecule has 3 unspecified atom stereocenters. The number of thioether (sulfide) groups is 1. The van der Waals surface area contributed by atoms with E-state index in [9.17, 15) is 39.4 Å². The molecule has 0 bridgehead atoms. The number of carbonyl (C=O) groups excluding carboxylic acids is 4. The number of hydrogen-bond acceptors (Lipinski definition) is 12. The maximum Gasteiger partial charge on any atom is 0.508 e. The van der Waals surface area contributed by atoms with Gasteiger partial charge in [0.05, 0.1) is 21.8 Å². The summed E-state index contributed by atoms with van der Waals surface area (Å²) in [6.45, 7) is 4.66. The Morgan fingerprint density at radius 3 is 1.98 bits per heavy atom. The number of carbonyl (C=O) groups is 4. The molecule has 2 heterocycles. The van der Waals surface area contributed by atoms with Crippen LogP contribution in [-0.2, 0) is 41.8 Å². The first kappa shape index (κ1) is 32.7. The predicted octanol–water partition coefficient (Wildman–Crippen LogP) is 4.10. The van der Waals surface area contributed by atoms with Gasteiger partial charge in [0.15, 0.2) is 0 Å². The fraction of sp³-hybridized carbons (Fsp3) is 0.310. The van der Waals surface area contributed by atoms with E-state index in [-0.39, 0.29) is 30.3 Å². The van der Waals surface area contributed by atoms with Crippen LogP contribution in [0.4, 0.5) is 16.2 Å². The zero-order chi connectivity index (χ0) is 33.1. The lowest BCUT2D eigenvalue weighted by Crippen LogP contribution is -2.66. The highest BCUT2D eigenvalue weighted by Crippen LogP contribution is 2.58. The molecule has 4 rings (SSSR count). The van der Waals surface area contributed by atoms with Crippen LogP contribution < -0.4 is 5.73 Å². The maximum absolute atomic E-state index is 13.5. The third kappa shape index (κ3) is 6.95. The monoisotopic (exact) mass is 640 g/mol. The molecule has 1 fully saturated rings. The molecule has 2 aliphatic heterocycles. The van der Waals surface area contributed by atoms with E-state index in [1.54, 1.807) is 13.8 Å².